The summed E-state index contributed by atoms with van der Waals surface area (Å²) in [6.45, 7) is 9.04. The number of hydrazine groups is 1. The first-order valence-corrected chi connectivity index (χ1v) is 9.54. The topological polar surface area (TPSA) is 87.7 Å². The SMILES string of the molecule is CCN(CC)c1ccc(C(=O)NNC(=O)COC(=O)c2cc(C)ccc2C)cc1. The van der Waals surface area contributed by atoms with E-state index < -0.39 is 24.4 Å². The standard InChI is InChI=1S/C22H27N3O4/c1-5-25(6-2)18-11-9-17(10-12-18)21(27)24-23-20(26)14-29-22(28)19-13-15(3)7-8-16(19)4/h7-13H,5-6,14H2,1-4H3,(H,23,26)(H,24,27). The number of amides is 2. The number of ether oxygens (including phenoxy) is 1. The number of benzene rings is 2. The first-order chi connectivity index (χ1) is 13.8. The average Bonchev–Trinajstić information content (AvgIpc) is 2.73. The van der Waals surface area contributed by atoms with Crippen molar-refractivity contribution in [3.8, 4) is 0 Å². The van der Waals surface area contributed by atoms with E-state index in [1.54, 1.807) is 25.1 Å². The van der Waals surface area contributed by atoms with Gasteiger partial charge < -0.3 is 9.64 Å². The number of nitrogens with zero attached hydrogens (tertiary/aromatic N) is 1. The lowest BCUT2D eigenvalue weighted by atomic mass is 10.1. The Labute approximate surface area is 171 Å². The lowest BCUT2D eigenvalue weighted by Gasteiger charge is -2.21. The van der Waals surface area contributed by atoms with Crippen molar-refractivity contribution in [3.05, 3.63) is 64.7 Å². The van der Waals surface area contributed by atoms with Crippen LogP contribution in [0, 0.1) is 13.8 Å². The Morgan fingerprint density at radius 3 is 2.21 bits per heavy atom. The van der Waals surface area contributed by atoms with Gasteiger partial charge in [0.25, 0.3) is 11.8 Å². The fraction of sp³-hybridized carbons (Fsp3) is 0.318. The predicted octanol–water partition coefficient (Wildman–Crippen LogP) is 2.77. The van der Waals surface area contributed by atoms with Crippen LogP contribution in [0.15, 0.2) is 42.5 Å². The molecular weight excluding hydrogens is 370 g/mol. The summed E-state index contributed by atoms with van der Waals surface area (Å²) < 4.78 is 5.02. The van der Waals surface area contributed by atoms with E-state index in [2.05, 4.69) is 29.6 Å². The van der Waals surface area contributed by atoms with Crippen LogP contribution < -0.4 is 15.8 Å². The van der Waals surface area contributed by atoms with E-state index in [-0.39, 0.29) is 0 Å². The molecule has 29 heavy (non-hydrogen) atoms. The molecule has 0 atom stereocenters. The van der Waals surface area contributed by atoms with Crippen molar-refractivity contribution < 1.29 is 19.1 Å². The van der Waals surface area contributed by atoms with E-state index in [0.29, 0.717) is 11.1 Å². The van der Waals surface area contributed by atoms with Crippen molar-refractivity contribution in [2.24, 2.45) is 0 Å². The maximum absolute atomic E-state index is 12.2. The van der Waals surface area contributed by atoms with Crippen LogP contribution in [0.25, 0.3) is 0 Å². The Hall–Kier alpha value is -3.35. The molecule has 0 aliphatic rings. The lowest BCUT2D eigenvalue weighted by molar-refractivity contribution is -0.125. The van der Waals surface area contributed by atoms with Crippen molar-refractivity contribution in [1.29, 1.82) is 0 Å². The quantitative estimate of drug-likeness (QED) is 0.554. The van der Waals surface area contributed by atoms with Gasteiger partial charge in [0.2, 0.25) is 0 Å². The largest absolute Gasteiger partial charge is 0.452 e. The molecule has 0 saturated carbocycles. The minimum atomic E-state index is -0.628. The summed E-state index contributed by atoms with van der Waals surface area (Å²) in [5, 5.41) is 0. The van der Waals surface area contributed by atoms with Crippen LogP contribution in [0.3, 0.4) is 0 Å². The van der Waals surface area contributed by atoms with Gasteiger partial charge >= 0.3 is 5.97 Å². The summed E-state index contributed by atoms with van der Waals surface area (Å²) in [7, 11) is 0. The van der Waals surface area contributed by atoms with Crippen molar-refractivity contribution >= 4 is 23.5 Å². The van der Waals surface area contributed by atoms with Crippen molar-refractivity contribution in [2.45, 2.75) is 27.7 Å². The third-order valence-corrected chi connectivity index (χ3v) is 4.52. The van der Waals surface area contributed by atoms with Gasteiger partial charge in [-0.3, -0.25) is 20.4 Å². The number of esters is 1. The third kappa shape index (κ3) is 6.07. The first kappa shape index (κ1) is 21.9. The van der Waals surface area contributed by atoms with Crippen LogP contribution >= 0.6 is 0 Å². The molecule has 7 nitrogen and oxygen atoms in total. The van der Waals surface area contributed by atoms with Crippen molar-refractivity contribution in [1.82, 2.24) is 10.9 Å². The van der Waals surface area contributed by atoms with E-state index in [1.807, 2.05) is 31.2 Å². The molecule has 0 unspecified atom stereocenters. The van der Waals surface area contributed by atoms with Gasteiger partial charge in [-0.25, -0.2) is 4.79 Å². The van der Waals surface area contributed by atoms with Gasteiger partial charge in [0, 0.05) is 24.3 Å². The number of carbonyl (C=O) groups is 3. The number of carbonyl (C=O) groups excluding carboxylic acids is 3. The zero-order chi connectivity index (χ0) is 21.4. The number of hydrogen-bond acceptors (Lipinski definition) is 5. The van der Waals surface area contributed by atoms with Gasteiger partial charge in [-0.1, -0.05) is 17.7 Å². The van der Waals surface area contributed by atoms with Crippen molar-refractivity contribution in [3.63, 3.8) is 0 Å². The summed E-state index contributed by atoms with van der Waals surface area (Å²) in [5.74, 6) is -1.67. The van der Waals surface area contributed by atoms with E-state index in [4.69, 9.17) is 4.74 Å². The average molecular weight is 397 g/mol. The highest BCUT2D eigenvalue weighted by atomic mass is 16.5. The molecule has 0 fully saturated rings. The number of rotatable bonds is 7. The molecule has 2 aromatic carbocycles. The smallest absolute Gasteiger partial charge is 0.338 e. The van der Waals surface area contributed by atoms with Gasteiger partial charge in [0.05, 0.1) is 5.56 Å². The summed E-state index contributed by atoms with van der Waals surface area (Å²) in [5.41, 5.74) is 8.10. The summed E-state index contributed by atoms with van der Waals surface area (Å²) >= 11 is 0. The van der Waals surface area contributed by atoms with E-state index in [0.717, 1.165) is 29.9 Å². The second kappa shape index (κ2) is 10.3. The van der Waals surface area contributed by atoms with Crippen LogP contribution in [0.1, 0.15) is 45.7 Å². The van der Waals surface area contributed by atoms with E-state index >= 15 is 0 Å². The Bertz CT molecular complexity index is 874. The number of anilines is 1. The molecular formula is C22H27N3O4. The minimum absolute atomic E-state index is 0.411. The maximum atomic E-state index is 12.2. The third-order valence-electron chi connectivity index (χ3n) is 4.52. The highest BCUT2D eigenvalue weighted by Crippen LogP contribution is 2.15. The molecule has 0 bridgehead atoms. The normalized spacial score (nSPS) is 10.2. The molecule has 0 aliphatic heterocycles. The first-order valence-electron chi connectivity index (χ1n) is 9.54. The highest BCUT2D eigenvalue weighted by molar-refractivity contribution is 5.96. The molecule has 0 aromatic heterocycles. The number of hydrogen-bond donors (Lipinski definition) is 2. The molecule has 0 radical (unpaired) electrons. The molecule has 154 valence electrons. The van der Waals surface area contributed by atoms with Gasteiger partial charge in [0.15, 0.2) is 6.61 Å². The Morgan fingerprint density at radius 2 is 1.59 bits per heavy atom. The van der Waals surface area contributed by atoms with E-state index in [1.165, 1.54) is 0 Å². The predicted molar refractivity (Wildman–Crippen MR) is 112 cm³/mol. The molecule has 2 rings (SSSR count). The van der Waals surface area contributed by atoms with Gasteiger partial charge in [-0.2, -0.15) is 0 Å². The summed E-state index contributed by atoms with van der Waals surface area (Å²) in [6.07, 6.45) is 0. The molecule has 2 amide bonds. The van der Waals surface area contributed by atoms with E-state index in [9.17, 15) is 14.4 Å². The monoisotopic (exact) mass is 397 g/mol. The Kier molecular flexibility index (Phi) is 7.77. The number of nitrogens with one attached hydrogen (secondary N) is 2. The van der Waals surface area contributed by atoms with Gasteiger partial charge in [-0.15, -0.1) is 0 Å². The second-order valence-electron chi connectivity index (χ2n) is 6.62. The molecule has 0 saturated heterocycles. The Balaban J connectivity index is 1.83. The van der Waals surface area contributed by atoms with Crippen molar-refractivity contribution in [2.75, 3.05) is 24.6 Å². The minimum Gasteiger partial charge on any atom is -0.452 e. The van der Waals surface area contributed by atoms with Crippen LogP contribution in [0.2, 0.25) is 0 Å². The second-order valence-corrected chi connectivity index (χ2v) is 6.62. The number of aryl methyl sites for hydroxylation is 2. The zero-order valence-electron chi connectivity index (χ0n) is 17.2. The fourth-order valence-electron chi connectivity index (χ4n) is 2.81. The Morgan fingerprint density at radius 1 is 0.931 bits per heavy atom. The molecule has 0 spiro atoms. The maximum Gasteiger partial charge on any atom is 0.338 e. The van der Waals surface area contributed by atoms with Gasteiger partial charge in [-0.05, 0) is 63.6 Å². The van der Waals surface area contributed by atoms with Crippen LogP contribution in [0.5, 0.6) is 0 Å². The molecule has 2 aromatic rings. The molecule has 0 heterocycles. The summed E-state index contributed by atoms with van der Waals surface area (Å²) in [6, 6.07) is 12.5. The van der Waals surface area contributed by atoms with Gasteiger partial charge in [0.1, 0.15) is 0 Å². The summed E-state index contributed by atoms with van der Waals surface area (Å²) in [4.78, 5) is 38.3. The lowest BCUT2D eigenvalue weighted by Crippen LogP contribution is -2.43. The highest BCUT2D eigenvalue weighted by Gasteiger charge is 2.14. The fourth-order valence-corrected chi connectivity index (χ4v) is 2.81. The zero-order valence-corrected chi connectivity index (χ0v) is 17.2. The molecule has 2 N–H and O–H groups in total. The van der Waals surface area contributed by atoms with Crippen LogP contribution in [-0.4, -0.2) is 37.5 Å². The van der Waals surface area contributed by atoms with Crippen LogP contribution in [-0.2, 0) is 9.53 Å². The molecule has 0 aliphatic carbocycles. The molecule has 7 heteroatoms. The van der Waals surface area contributed by atoms with Crippen LogP contribution in [0.4, 0.5) is 5.69 Å².